The lowest BCUT2D eigenvalue weighted by Crippen LogP contribution is -2.11. The predicted molar refractivity (Wildman–Crippen MR) is 67.2 cm³/mol. The summed E-state index contributed by atoms with van der Waals surface area (Å²) in [7, 11) is 0. The van der Waals surface area contributed by atoms with Crippen LogP contribution in [0.2, 0.25) is 0 Å². The summed E-state index contributed by atoms with van der Waals surface area (Å²) < 4.78 is 90.6. The molecule has 0 saturated heterocycles. The van der Waals surface area contributed by atoms with E-state index in [9.17, 15) is 35.5 Å². The summed E-state index contributed by atoms with van der Waals surface area (Å²) in [5.41, 5.74) is -4.27. The van der Waals surface area contributed by atoms with E-state index < -0.39 is 40.4 Å². The molecule has 23 heavy (non-hydrogen) atoms. The molecule has 0 aliphatic heterocycles. The van der Waals surface area contributed by atoms with Gasteiger partial charge in [0.25, 0.3) is 0 Å². The number of aldehydes is 1. The topological polar surface area (TPSA) is 17.1 Å². The molecule has 0 aliphatic carbocycles. The number of hydrogen-bond acceptors (Lipinski definition) is 1. The summed E-state index contributed by atoms with van der Waals surface area (Å²) in [5.74, 6) is -1.03. The number of hydrogen-bond donors (Lipinski definition) is 0. The van der Waals surface area contributed by atoms with E-state index in [0.717, 1.165) is 12.1 Å². The molecule has 0 amide bonds. The van der Waals surface area contributed by atoms with Gasteiger partial charge >= 0.3 is 12.4 Å². The fourth-order valence-electron chi connectivity index (χ4n) is 2.04. The second-order valence-corrected chi connectivity index (χ2v) is 4.65. The van der Waals surface area contributed by atoms with Crippen molar-refractivity contribution in [3.05, 3.63) is 58.9 Å². The zero-order valence-corrected chi connectivity index (χ0v) is 11.1. The Labute approximate surface area is 125 Å². The highest BCUT2D eigenvalue weighted by atomic mass is 19.4. The van der Waals surface area contributed by atoms with Crippen LogP contribution in [-0.2, 0) is 12.4 Å². The van der Waals surface area contributed by atoms with Gasteiger partial charge < -0.3 is 0 Å². The van der Waals surface area contributed by atoms with Crippen LogP contribution in [0.3, 0.4) is 0 Å². The van der Waals surface area contributed by atoms with Crippen molar-refractivity contribution in [1.29, 1.82) is 0 Å². The number of halogens is 7. The largest absolute Gasteiger partial charge is 0.417 e. The Morgan fingerprint density at radius 3 is 2.00 bits per heavy atom. The first-order valence-electron chi connectivity index (χ1n) is 6.07. The molecule has 2 aromatic carbocycles. The Morgan fingerprint density at radius 2 is 1.48 bits per heavy atom. The average molecular weight is 336 g/mol. The summed E-state index contributed by atoms with van der Waals surface area (Å²) in [6.07, 6.45) is -9.61. The Balaban J connectivity index is 2.76. The summed E-state index contributed by atoms with van der Waals surface area (Å²) in [4.78, 5) is 10.7. The van der Waals surface area contributed by atoms with Crippen molar-refractivity contribution >= 4 is 6.29 Å². The van der Waals surface area contributed by atoms with Gasteiger partial charge in [-0.1, -0.05) is 0 Å². The predicted octanol–water partition coefficient (Wildman–Crippen LogP) is 5.34. The van der Waals surface area contributed by atoms with Crippen molar-refractivity contribution in [2.45, 2.75) is 12.4 Å². The Kier molecular flexibility index (Phi) is 4.19. The highest BCUT2D eigenvalue weighted by Gasteiger charge is 2.37. The summed E-state index contributed by atoms with van der Waals surface area (Å²) in [6.45, 7) is 0. The number of alkyl halides is 6. The second-order valence-electron chi connectivity index (χ2n) is 4.65. The highest BCUT2D eigenvalue weighted by molar-refractivity contribution is 5.80. The van der Waals surface area contributed by atoms with Crippen molar-refractivity contribution in [2.75, 3.05) is 0 Å². The molecule has 0 aromatic heterocycles. The van der Waals surface area contributed by atoms with Crippen molar-refractivity contribution in [3.8, 4) is 11.1 Å². The molecule has 1 nitrogen and oxygen atoms in total. The molecule has 0 aliphatic rings. The van der Waals surface area contributed by atoms with Crippen LogP contribution in [0.1, 0.15) is 21.5 Å². The monoisotopic (exact) mass is 336 g/mol. The van der Waals surface area contributed by atoms with E-state index in [1.165, 1.54) is 0 Å². The van der Waals surface area contributed by atoms with Crippen molar-refractivity contribution < 1.29 is 35.5 Å². The fraction of sp³-hybridized carbons (Fsp3) is 0.133. The van der Waals surface area contributed by atoms with Gasteiger partial charge in [-0.3, -0.25) is 4.79 Å². The normalized spacial score (nSPS) is 12.3. The molecule has 122 valence electrons. The summed E-state index contributed by atoms with van der Waals surface area (Å²) in [5, 5.41) is 0. The zero-order chi connectivity index (χ0) is 17.4. The number of carbonyl (C=O) groups excluding carboxylic acids is 1. The number of benzene rings is 2. The van der Waals surface area contributed by atoms with E-state index in [-0.39, 0.29) is 24.0 Å². The molecule has 2 rings (SSSR count). The van der Waals surface area contributed by atoms with E-state index >= 15 is 0 Å². The molecule has 0 unspecified atom stereocenters. The standard InChI is InChI=1S/C15H7F7O/c16-11-4-8(7-23)3-9(5-11)12-6-10(14(17,18)19)1-2-13(12)15(20,21)22/h1-7H. The van der Waals surface area contributed by atoms with Crippen LogP contribution >= 0.6 is 0 Å². The molecule has 0 fully saturated rings. The SMILES string of the molecule is O=Cc1cc(F)cc(-c2cc(C(F)(F)F)ccc2C(F)(F)F)c1. The van der Waals surface area contributed by atoms with Crippen LogP contribution in [0.15, 0.2) is 36.4 Å². The van der Waals surface area contributed by atoms with Gasteiger partial charge in [0.05, 0.1) is 11.1 Å². The van der Waals surface area contributed by atoms with E-state index in [0.29, 0.717) is 12.1 Å². The second kappa shape index (κ2) is 5.68. The molecule has 0 radical (unpaired) electrons. The maximum absolute atomic E-state index is 13.4. The molecule has 0 atom stereocenters. The van der Waals surface area contributed by atoms with Crippen LogP contribution in [-0.4, -0.2) is 6.29 Å². The van der Waals surface area contributed by atoms with Crippen LogP contribution < -0.4 is 0 Å². The van der Waals surface area contributed by atoms with Gasteiger partial charge in [0.2, 0.25) is 0 Å². The zero-order valence-electron chi connectivity index (χ0n) is 11.1. The molecular weight excluding hydrogens is 329 g/mol. The average Bonchev–Trinajstić information content (AvgIpc) is 2.44. The number of rotatable bonds is 2. The third-order valence-corrected chi connectivity index (χ3v) is 3.02. The van der Waals surface area contributed by atoms with Gasteiger partial charge in [-0.05, 0) is 47.5 Å². The lowest BCUT2D eigenvalue weighted by Gasteiger charge is -2.16. The van der Waals surface area contributed by atoms with E-state index in [2.05, 4.69) is 0 Å². The Bertz CT molecular complexity index is 744. The summed E-state index contributed by atoms with van der Waals surface area (Å²) >= 11 is 0. The van der Waals surface area contributed by atoms with E-state index in [1.807, 2.05) is 0 Å². The lowest BCUT2D eigenvalue weighted by atomic mass is 9.95. The van der Waals surface area contributed by atoms with Gasteiger partial charge in [0, 0.05) is 5.56 Å². The van der Waals surface area contributed by atoms with Crippen LogP contribution in [0.4, 0.5) is 30.7 Å². The molecular formula is C15H7F7O. The Morgan fingerprint density at radius 1 is 0.826 bits per heavy atom. The van der Waals surface area contributed by atoms with Crippen molar-refractivity contribution in [1.82, 2.24) is 0 Å². The minimum Gasteiger partial charge on any atom is -0.298 e. The molecule has 0 spiro atoms. The molecule has 0 N–H and O–H groups in total. The molecule has 0 saturated carbocycles. The van der Waals surface area contributed by atoms with E-state index in [4.69, 9.17) is 0 Å². The summed E-state index contributed by atoms with van der Waals surface area (Å²) in [6, 6.07) is 3.15. The van der Waals surface area contributed by atoms with Crippen LogP contribution in [0.5, 0.6) is 0 Å². The van der Waals surface area contributed by atoms with Crippen molar-refractivity contribution in [3.63, 3.8) is 0 Å². The van der Waals surface area contributed by atoms with Crippen molar-refractivity contribution in [2.24, 2.45) is 0 Å². The highest BCUT2D eigenvalue weighted by Crippen LogP contribution is 2.40. The molecule has 2 aromatic rings. The Hall–Kier alpha value is -2.38. The molecule has 0 bridgehead atoms. The first-order chi connectivity index (χ1) is 10.5. The quantitative estimate of drug-likeness (QED) is 0.534. The van der Waals surface area contributed by atoms with Gasteiger partial charge in [0.1, 0.15) is 12.1 Å². The van der Waals surface area contributed by atoms with Gasteiger partial charge in [0.15, 0.2) is 0 Å². The lowest BCUT2D eigenvalue weighted by molar-refractivity contribution is -0.141. The minimum absolute atomic E-state index is 0.188. The maximum Gasteiger partial charge on any atom is 0.417 e. The van der Waals surface area contributed by atoms with Gasteiger partial charge in [-0.25, -0.2) is 4.39 Å². The first-order valence-corrected chi connectivity index (χ1v) is 6.07. The van der Waals surface area contributed by atoms with Gasteiger partial charge in [-0.15, -0.1) is 0 Å². The fourth-order valence-corrected chi connectivity index (χ4v) is 2.04. The molecule has 0 heterocycles. The maximum atomic E-state index is 13.4. The smallest absolute Gasteiger partial charge is 0.298 e. The third-order valence-electron chi connectivity index (χ3n) is 3.02. The first kappa shape index (κ1) is 17.0. The van der Waals surface area contributed by atoms with E-state index in [1.54, 1.807) is 0 Å². The van der Waals surface area contributed by atoms with Gasteiger partial charge in [-0.2, -0.15) is 26.3 Å². The number of carbonyl (C=O) groups is 1. The van der Waals surface area contributed by atoms with Crippen LogP contribution in [0.25, 0.3) is 11.1 Å². The molecule has 8 heteroatoms. The third kappa shape index (κ3) is 3.69. The van der Waals surface area contributed by atoms with Crippen LogP contribution in [0, 0.1) is 5.82 Å². The minimum atomic E-state index is -4.94.